The molecular weight excluding hydrogens is 163 g/mol. The Kier molecular flexibility index (Phi) is 10.1. The molecule has 2 nitrogen and oxygen atoms in total. The Labute approximate surface area is 114 Å². The van der Waals surface area contributed by atoms with Crippen molar-refractivity contribution in [2.24, 2.45) is 0 Å². The Morgan fingerprint density at radius 2 is 0.909 bits per heavy atom. The Balaban J connectivity index is -0.000000320. The minimum Gasteiger partial charge on any atom is -0.693 e. The van der Waals surface area contributed by atoms with Gasteiger partial charge in [-0.3, -0.25) is 0 Å². The fourth-order valence-corrected chi connectivity index (χ4v) is 1.01. The normalized spacial score (nSPS) is 11.5. The molecule has 0 aliphatic carbocycles. The van der Waals surface area contributed by atoms with Gasteiger partial charge in [0.15, 0.2) is 0 Å². The Hall–Kier alpha value is 1.56. The maximum Gasteiger partial charge on any atom is 1.00 e. The van der Waals surface area contributed by atoms with Gasteiger partial charge in [-0.1, -0.05) is 41.5 Å². The standard InChI is InChI=1S/C8H18N.K.H2N/c1-7(2,3)9-8(4,5)6;;/h1-6H3;;1H2/q-1;+1;-1. The molecule has 0 aromatic rings. The summed E-state index contributed by atoms with van der Waals surface area (Å²) in [6.07, 6.45) is 0. The van der Waals surface area contributed by atoms with E-state index >= 15 is 0 Å². The van der Waals surface area contributed by atoms with Crippen LogP contribution in [0.2, 0.25) is 0 Å². The maximum atomic E-state index is 4.54. The molecule has 11 heavy (non-hydrogen) atoms. The molecule has 0 spiro atoms. The van der Waals surface area contributed by atoms with Gasteiger partial charge in [0, 0.05) is 0 Å². The van der Waals surface area contributed by atoms with Gasteiger partial charge in [0.1, 0.15) is 0 Å². The molecular formula is C8H20KN2-. The van der Waals surface area contributed by atoms with Gasteiger partial charge in [0.25, 0.3) is 0 Å². The van der Waals surface area contributed by atoms with E-state index in [2.05, 4.69) is 46.9 Å². The van der Waals surface area contributed by atoms with Gasteiger partial charge in [-0.25, -0.2) is 0 Å². The molecule has 2 N–H and O–H groups in total. The Bertz CT molecular complexity index is 77.2. The quantitative estimate of drug-likeness (QED) is 0.496. The third-order valence-electron chi connectivity index (χ3n) is 0.671. The molecule has 0 aromatic carbocycles. The minimum atomic E-state index is 0. The zero-order valence-corrected chi connectivity index (χ0v) is 12.1. The third-order valence-corrected chi connectivity index (χ3v) is 0.671. The first-order valence-corrected chi connectivity index (χ1v) is 3.45. The summed E-state index contributed by atoms with van der Waals surface area (Å²) in [7, 11) is 0. The Morgan fingerprint density at radius 1 is 0.727 bits per heavy atom. The van der Waals surface area contributed by atoms with Crippen molar-refractivity contribution in [2.45, 2.75) is 52.6 Å². The summed E-state index contributed by atoms with van der Waals surface area (Å²) in [4.78, 5) is 0. The van der Waals surface area contributed by atoms with Crippen molar-refractivity contribution in [3.8, 4) is 0 Å². The molecule has 0 aliphatic heterocycles. The molecule has 0 fully saturated rings. The first-order chi connectivity index (χ1) is 3.71. The number of rotatable bonds is 0. The molecule has 3 heteroatoms. The number of hydrogen-bond acceptors (Lipinski definition) is 0. The summed E-state index contributed by atoms with van der Waals surface area (Å²) in [5.74, 6) is 0. The molecule has 0 atom stereocenters. The van der Waals surface area contributed by atoms with Gasteiger partial charge >= 0.3 is 51.4 Å². The zero-order valence-electron chi connectivity index (χ0n) is 9.02. The van der Waals surface area contributed by atoms with Crippen LogP contribution in [0, 0.1) is 0 Å². The summed E-state index contributed by atoms with van der Waals surface area (Å²) in [6.45, 7) is 12.7. The van der Waals surface area contributed by atoms with Gasteiger partial charge in [-0.05, 0) is 0 Å². The average molecular weight is 183 g/mol. The molecule has 0 bridgehead atoms. The zero-order chi connectivity index (χ0) is 7.71. The molecule has 0 unspecified atom stereocenters. The van der Waals surface area contributed by atoms with Crippen LogP contribution < -0.4 is 51.4 Å². The fraction of sp³-hybridized carbons (Fsp3) is 1.00. The van der Waals surface area contributed by atoms with Crippen molar-refractivity contribution in [1.29, 1.82) is 0 Å². The van der Waals surface area contributed by atoms with Gasteiger partial charge in [0.05, 0.1) is 0 Å². The summed E-state index contributed by atoms with van der Waals surface area (Å²) < 4.78 is 0. The van der Waals surface area contributed by atoms with E-state index in [1.165, 1.54) is 0 Å². The molecule has 0 saturated carbocycles. The molecule has 0 aliphatic rings. The van der Waals surface area contributed by atoms with Crippen LogP contribution in [-0.2, 0) is 0 Å². The van der Waals surface area contributed by atoms with E-state index in [1.807, 2.05) is 0 Å². The molecule has 0 radical (unpaired) electrons. The maximum absolute atomic E-state index is 4.54. The summed E-state index contributed by atoms with van der Waals surface area (Å²) in [6, 6.07) is 0. The van der Waals surface area contributed by atoms with E-state index in [1.54, 1.807) is 0 Å². The predicted molar refractivity (Wildman–Crippen MR) is 48.1 cm³/mol. The minimum absolute atomic E-state index is 0. The van der Waals surface area contributed by atoms with Crippen molar-refractivity contribution in [1.82, 2.24) is 0 Å². The van der Waals surface area contributed by atoms with Gasteiger partial charge in [-0.2, -0.15) is 0 Å². The predicted octanol–water partition coefficient (Wildman–Crippen LogP) is 0.678. The summed E-state index contributed by atoms with van der Waals surface area (Å²) in [5, 5.41) is 4.54. The smallest absolute Gasteiger partial charge is 0.693 e. The van der Waals surface area contributed by atoms with Crippen LogP contribution >= 0.6 is 0 Å². The number of hydrogen-bond donors (Lipinski definition) is 0. The second-order valence-electron chi connectivity index (χ2n) is 4.45. The monoisotopic (exact) mass is 183 g/mol. The second kappa shape index (κ2) is 6.08. The van der Waals surface area contributed by atoms with E-state index in [0.717, 1.165) is 0 Å². The van der Waals surface area contributed by atoms with Crippen molar-refractivity contribution in [2.75, 3.05) is 0 Å². The largest absolute Gasteiger partial charge is 1.00 e. The molecule has 64 valence electrons. The van der Waals surface area contributed by atoms with E-state index in [4.69, 9.17) is 0 Å². The van der Waals surface area contributed by atoms with E-state index in [9.17, 15) is 0 Å². The van der Waals surface area contributed by atoms with Crippen LogP contribution in [0.15, 0.2) is 0 Å². The van der Waals surface area contributed by atoms with Crippen LogP contribution in [0.4, 0.5) is 0 Å². The SMILES string of the molecule is CC(C)(C)[N-]C(C)(C)C.[K+].[NH2-]. The van der Waals surface area contributed by atoms with E-state index < -0.39 is 0 Å². The first kappa shape index (κ1) is 18.4. The van der Waals surface area contributed by atoms with E-state index in [-0.39, 0.29) is 68.6 Å². The number of nitrogens with zero attached hydrogens (tertiary/aromatic N) is 1. The van der Waals surface area contributed by atoms with Crippen LogP contribution in [0.25, 0.3) is 11.5 Å². The van der Waals surface area contributed by atoms with Crippen molar-refractivity contribution in [3.63, 3.8) is 0 Å². The van der Waals surface area contributed by atoms with Crippen molar-refractivity contribution in [3.05, 3.63) is 11.5 Å². The first-order valence-electron chi connectivity index (χ1n) is 3.45. The van der Waals surface area contributed by atoms with Gasteiger partial charge < -0.3 is 11.5 Å². The second-order valence-corrected chi connectivity index (χ2v) is 4.45. The summed E-state index contributed by atoms with van der Waals surface area (Å²) >= 11 is 0. The van der Waals surface area contributed by atoms with Gasteiger partial charge in [0.2, 0.25) is 0 Å². The van der Waals surface area contributed by atoms with Crippen molar-refractivity contribution >= 4 is 0 Å². The van der Waals surface area contributed by atoms with Crippen LogP contribution in [0.3, 0.4) is 0 Å². The molecule has 0 saturated heterocycles. The van der Waals surface area contributed by atoms with Crippen LogP contribution in [0.5, 0.6) is 0 Å². The number of nitrogens with two attached hydrogens (primary N) is 1. The van der Waals surface area contributed by atoms with Gasteiger partial charge in [-0.15, -0.1) is 11.1 Å². The molecule has 0 aromatic heterocycles. The summed E-state index contributed by atoms with van der Waals surface area (Å²) in [5.41, 5.74) is 0.219. The molecule has 0 rings (SSSR count). The van der Waals surface area contributed by atoms with Crippen LogP contribution in [0.1, 0.15) is 41.5 Å². The molecule has 0 amide bonds. The topological polar surface area (TPSA) is 47.6 Å². The Morgan fingerprint density at radius 3 is 0.909 bits per heavy atom. The average Bonchev–Trinajstić information content (AvgIpc) is 1.14. The van der Waals surface area contributed by atoms with E-state index in [0.29, 0.717) is 0 Å². The van der Waals surface area contributed by atoms with Crippen molar-refractivity contribution < 1.29 is 51.4 Å². The third kappa shape index (κ3) is 18.5. The van der Waals surface area contributed by atoms with Crippen LogP contribution in [-0.4, -0.2) is 11.1 Å². The fourth-order valence-electron chi connectivity index (χ4n) is 1.01. The molecule has 0 heterocycles.